The van der Waals surface area contributed by atoms with Crippen LogP contribution in [-0.4, -0.2) is 25.7 Å². The van der Waals surface area contributed by atoms with Gasteiger partial charge in [0.25, 0.3) is 0 Å². The van der Waals surface area contributed by atoms with Crippen LogP contribution in [0.1, 0.15) is 0 Å². The molecule has 7 heteroatoms. The minimum atomic E-state index is -3.81. The summed E-state index contributed by atoms with van der Waals surface area (Å²) in [7, 11) is -3.81. The molecule has 0 saturated carbocycles. The van der Waals surface area contributed by atoms with Crippen molar-refractivity contribution in [3.63, 3.8) is 0 Å². The quantitative estimate of drug-likeness (QED) is 0.528. The van der Waals surface area contributed by atoms with E-state index in [1.54, 1.807) is 4.72 Å². The number of carboxylic acids is 1. The van der Waals surface area contributed by atoms with Crippen LogP contribution in [0, 0.1) is 0 Å². The average Bonchev–Trinajstić information content (AvgIpc) is 1.85. The van der Waals surface area contributed by atoms with Crippen molar-refractivity contribution in [1.82, 2.24) is 4.72 Å². The maximum Gasteiger partial charge on any atom is 0.353 e. The van der Waals surface area contributed by atoms with Crippen molar-refractivity contribution in [2.45, 2.75) is 0 Å². The minimum Gasteiger partial charge on any atom is -0.477 e. The molecule has 1 heterocycles. The molecule has 0 aliphatic carbocycles. The monoisotopic (exact) mass is 176 g/mol. The summed E-state index contributed by atoms with van der Waals surface area (Å²) in [6.07, 6.45) is 1.97. The van der Waals surface area contributed by atoms with Crippen LogP contribution in [0.2, 0.25) is 0 Å². The fourth-order valence-electron chi connectivity index (χ4n) is 0.499. The molecule has 11 heavy (non-hydrogen) atoms. The second kappa shape index (κ2) is 2.35. The standard InChI is InChI=1S/C4H4N2O4S/c7-4(8)3-1-2-5-11(9,10)6-3/h1-2,6H,(H,7,8). The van der Waals surface area contributed by atoms with Gasteiger partial charge in [0, 0.05) is 6.21 Å². The average molecular weight is 176 g/mol. The Kier molecular flexibility index (Phi) is 1.65. The van der Waals surface area contributed by atoms with Crippen LogP contribution in [0.3, 0.4) is 0 Å². The van der Waals surface area contributed by atoms with Crippen molar-refractivity contribution < 1.29 is 18.3 Å². The number of nitrogens with one attached hydrogen (secondary N) is 1. The van der Waals surface area contributed by atoms with E-state index in [1.807, 2.05) is 0 Å². The predicted octanol–water partition coefficient (Wildman–Crippen LogP) is -1.13. The molecule has 0 spiro atoms. The molecule has 1 aliphatic heterocycles. The zero-order chi connectivity index (χ0) is 8.48. The Morgan fingerprint density at radius 2 is 2.27 bits per heavy atom. The summed E-state index contributed by atoms with van der Waals surface area (Å²) in [6, 6.07) is 0. The van der Waals surface area contributed by atoms with Gasteiger partial charge >= 0.3 is 16.2 Å². The Bertz CT molecular complexity index is 339. The van der Waals surface area contributed by atoms with Gasteiger partial charge in [-0.25, -0.2) is 4.79 Å². The van der Waals surface area contributed by atoms with Crippen molar-refractivity contribution in [1.29, 1.82) is 0 Å². The topological polar surface area (TPSA) is 95.8 Å². The van der Waals surface area contributed by atoms with Gasteiger partial charge in [-0.05, 0) is 6.08 Å². The molecule has 0 saturated heterocycles. The third-order valence-corrected chi connectivity index (χ3v) is 1.79. The number of hydrogen-bond donors (Lipinski definition) is 2. The normalized spacial score (nSPS) is 20.2. The molecule has 0 fully saturated rings. The smallest absolute Gasteiger partial charge is 0.353 e. The first kappa shape index (κ1) is 7.73. The maximum absolute atomic E-state index is 10.6. The summed E-state index contributed by atoms with van der Waals surface area (Å²) in [5, 5.41) is 8.31. The van der Waals surface area contributed by atoms with E-state index in [-0.39, 0.29) is 0 Å². The highest BCUT2D eigenvalue weighted by molar-refractivity contribution is 7.88. The van der Waals surface area contributed by atoms with Crippen LogP contribution in [-0.2, 0) is 15.0 Å². The molecule has 0 atom stereocenters. The Morgan fingerprint density at radius 3 is 2.64 bits per heavy atom. The van der Waals surface area contributed by atoms with E-state index in [4.69, 9.17) is 5.11 Å². The number of allylic oxidation sites excluding steroid dienone is 1. The summed E-state index contributed by atoms with van der Waals surface area (Å²) in [5.74, 6) is -1.33. The van der Waals surface area contributed by atoms with Crippen molar-refractivity contribution in [3.8, 4) is 0 Å². The Morgan fingerprint density at radius 1 is 1.64 bits per heavy atom. The largest absolute Gasteiger partial charge is 0.477 e. The number of rotatable bonds is 1. The van der Waals surface area contributed by atoms with Crippen molar-refractivity contribution >= 4 is 22.4 Å². The van der Waals surface area contributed by atoms with E-state index in [0.717, 1.165) is 12.3 Å². The van der Waals surface area contributed by atoms with Gasteiger partial charge < -0.3 is 5.11 Å². The second-order valence-electron chi connectivity index (χ2n) is 1.72. The molecule has 1 aliphatic rings. The molecule has 0 aromatic carbocycles. The van der Waals surface area contributed by atoms with E-state index in [1.165, 1.54) is 0 Å². The highest BCUT2D eigenvalue weighted by Gasteiger charge is 2.17. The molecule has 0 aromatic heterocycles. The molecule has 60 valence electrons. The lowest BCUT2D eigenvalue weighted by Crippen LogP contribution is -2.28. The minimum absolute atomic E-state index is 0.403. The van der Waals surface area contributed by atoms with Crippen LogP contribution in [0.5, 0.6) is 0 Å². The van der Waals surface area contributed by atoms with Crippen LogP contribution in [0.25, 0.3) is 0 Å². The zero-order valence-electron chi connectivity index (χ0n) is 5.18. The summed E-state index contributed by atoms with van der Waals surface area (Å²) in [4.78, 5) is 10.2. The molecule has 6 nitrogen and oxygen atoms in total. The Hall–Kier alpha value is -1.37. The molecular weight excluding hydrogens is 172 g/mol. The zero-order valence-corrected chi connectivity index (χ0v) is 6.00. The van der Waals surface area contributed by atoms with Gasteiger partial charge in [0.1, 0.15) is 5.70 Å². The van der Waals surface area contributed by atoms with Crippen LogP contribution >= 0.6 is 0 Å². The van der Waals surface area contributed by atoms with Crippen LogP contribution in [0.15, 0.2) is 16.2 Å². The predicted molar refractivity (Wildman–Crippen MR) is 36.3 cm³/mol. The lowest BCUT2D eigenvalue weighted by molar-refractivity contribution is -0.132. The number of nitrogens with zero attached hydrogens (tertiary/aromatic N) is 1. The molecule has 0 aromatic rings. The maximum atomic E-state index is 10.6. The highest BCUT2D eigenvalue weighted by atomic mass is 32.2. The molecule has 0 amide bonds. The lowest BCUT2D eigenvalue weighted by Gasteiger charge is -2.05. The third kappa shape index (κ3) is 1.77. The lowest BCUT2D eigenvalue weighted by atomic mass is 10.4. The third-order valence-electron chi connectivity index (χ3n) is 0.910. The van der Waals surface area contributed by atoms with Gasteiger partial charge in [0.15, 0.2) is 0 Å². The van der Waals surface area contributed by atoms with Gasteiger partial charge in [-0.3, -0.25) is 4.72 Å². The van der Waals surface area contributed by atoms with E-state index in [9.17, 15) is 13.2 Å². The van der Waals surface area contributed by atoms with Gasteiger partial charge in [0.05, 0.1) is 0 Å². The molecule has 0 bridgehead atoms. The van der Waals surface area contributed by atoms with Gasteiger partial charge in [-0.15, -0.1) is 0 Å². The van der Waals surface area contributed by atoms with Crippen molar-refractivity contribution in [2.75, 3.05) is 0 Å². The molecule has 0 radical (unpaired) electrons. The van der Waals surface area contributed by atoms with Gasteiger partial charge in [-0.2, -0.15) is 12.8 Å². The number of aliphatic carboxylic acids is 1. The molecule has 2 N–H and O–H groups in total. The summed E-state index contributed by atoms with van der Waals surface area (Å²) in [5.41, 5.74) is -0.403. The van der Waals surface area contributed by atoms with E-state index in [0.29, 0.717) is 0 Å². The fourth-order valence-corrected chi connectivity index (χ4v) is 1.21. The summed E-state index contributed by atoms with van der Waals surface area (Å²) >= 11 is 0. The fraction of sp³-hybridized carbons (Fsp3) is 0. The van der Waals surface area contributed by atoms with E-state index < -0.39 is 21.9 Å². The van der Waals surface area contributed by atoms with E-state index in [2.05, 4.69) is 4.40 Å². The molecule has 0 unspecified atom stereocenters. The molecule has 1 rings (SSSR count). The number of carboxylic acid groups (broad SMARTS) is 1. The van der Waals surface area contributed by atoms with E-state index >= 15 is 0 Å². The van der Waals surface area contributed by atoms with Gasteiger partial charge in [-0.1, -0.05) is 0 Å². The first-order valence-electron chi connectivity index (χ1n) is 2.53. The number of hydrogen-bond acceptors (Lipinski definition) is 3. The number of carbonyl (C=O) groups is 1. The first-order chi connectivity index (χ1) is 5.01. The summed E-state index contributed by atoms with van der Waals surface area (Å²) in [6.45, 7) is 0. The SMILES string of the molecule is O=C(O)C1=CC=NS(=O)(=O)N1. The molecular formula is C4H4N2O4S. The first-order valence-corrected chi connectivity index (χ1v) is 3.97. The second-order valence-corrected chi connectivity index (χ2v) is 3.08. The summed E-state index contributed by atoms with van der Waals surface area (Å²) < 4.78 is 25.8. The van der Waals surface area contributed by atoms with Crippen molar-refractivity contribution in [2.24, 2.45) is 4.40 Å². The highest BCUT2D eigenvalue weighted by Crippen LogP contribution is 1.99. The van der Waals surface area contributed by atoms with Crippen LogP contribution in [0.4, 0.5) is 0 Å². The Labute approximate surface area is 62.4 Å². The Balaban J connectivity index is 2.99. The van der Waals surface area contributed by atoms with Crippen LogP contribution < -0.4 is 4.72 Å². The van der Waals surface area contributed by atoms with Crippen molar-refractivity contribution in [3.05, 3.63) is 11.8 Å². The van der Waals surface area contributed by atoms with Gasteiger partial charge in [0.2, 0.25) is 0 Å².